The number of aliphatic hydroxyl groups excluding tert-OH is 3. The molecule has 1 heterocycles. The molecule has 1 aliphatic rings. The number of carbonyl (C=O) groups excluding carboxylic acids is 2. The van der Waals surface area contributed by atoms with Gasteiger partial charge < -0.3 is 34.3 Å². The summed E-state index contributed by atoms with van der Waals surface area (Å²) in [6, 6.07) is 0. The highest BCUT2D eigenvalue weighted by atomic mass is 32.2. The lowest BCUT2D eigenvalue weighted by Crippen LogP contribution is -2.60. The number of carbonyl (C=O) groups is 2. The SMILES string of the molecule is CCCCCCCC/C=C/C/C=C/CCCCC(=O)OC[C@H](CO[C@H]1O[C@H](CS(=O)(=O)O)[C@@H](O)C(O)C1O)OC(=O)CCCCCCCCCCCCCCCCCCCCCC. The van der Waals surface area contributed by atoms with E-state index in [0.717, 1.165) is 44.9 Å². The Kier molecular flexibility index (Phi) is 37.9. The van der Waals surface area contributed by atoms with E-state index in [9.17, 15) is 37.9 Å². The van der Waals surface area contributed by atoms with Crippen LogP contribution < -0.4 is 0 Å². The molecule has 370 valence electrons. The van der Waals surface area contributed by atoms with E-state index in [-0.39, 0.29) is 19.4 Å². The average Bonchev–Trinajstić information content (AvgIpc) is 3.25. The molecule has 13 heteroatoms. The third kappa shape index (κ3) is 35.1. The largest absolute Gasteiger partial charge is 0.462 e. The minimum atomic E-state index is -4.61. The van der Waals surface area contributed by atoms with E-state index in [4.69, 9.17) is 18.9 Å². The van der Waals surface area contributed by atoms with Gasteiger partial charge in [-0.3, -0.25) is 14.1 Å². The molecular weight excluding hydrogens is 825 g/mol. The molecule has 4 N–H and O–H groups in total. The number of allylic oxidation sites excluding steroid dienone is 4. The van der Waals surface area contributed by atoms with Crippen molar-refractivity contribution in [2.45, 2.75) is 263 Å². The molecule has 0 amide bonds. The first kappa shape index (κ1) is 59.1. The maximum Gasteiger partial charge on any atom is 0.306 e. The average molecular weight is 917 g/mol. The zero-order valence-corrected chi connectivity index (χ0v) is 40.5. The standard InChI is InChI=1S/C50H92O12S/c1-3-5-7-9-11-13-15-17-19-20-21-22-23-25-27-29-31-33-35-37-39-46(52)61-43(41-60-50-49(55)48(54)47(53)44(62-50)42-63(56,57)58)40-59-45(51)38-36-34-32-30-28-26-24-18-16-14-12-10-8-6-4-2/h18,24,28,30,43-44,47-50,53-55H,3-17,19-23,25-27,29,31-42H2,1-2H3,(H,56,57,58)/b24-18+,30-28+/t43-,44-,47-,48?,49?,50+/m1/s1. The lowest BCUT2D eigenvalue weighted by atomic mass is 10.00. The number of aliphatic hydroxyl groups is 3. The predicted octanol–water partition coefficient (Wildman–Crippen LogP) is 11.2. The molecule has 0 aromatic rings. The fourth-order valence-corrected chi connectivity index (χ4v) is 8.52. The van der Waals surface area contributed by atoms with Crippen molar-refractivity contribution >= 4 is 22.1 Å². The molecular formula is C50H92O12S. The van der Waals surface area contributed by atoms with Crippen molar-refractivity contribution < 1.29 is 56.8 Å². The van der Waals surface area contributed by atoms with E-state index in [1.54, 1.807) is 0 Å². The first-order chi connectivity index (χ1) is 30.5. The molecule has 0 radical (unpaired) electrons. The van der Waals surface area contributed by atoms with Crippen molar-refractivity contribution in [3.8, 4) is 0 Å². The number of unbranched alkanes of at least 4 members (excludes halogenated alkanes) is 27. The molecule has 1 aliphatic heterocycles. The molecule has 6 atom stereocenters. The molecule has 0 spiro atoms. The summed E-state index contributed by atoms with van der Waals surface area (Å²) in [5, 5.41) is 30.9. The lowest BCUT2D eigenvalue weighted by molar-refractivity contribution is -0.297. The summed E-state index contributed by atoms with van der Waals surface area (Å²) in [5.74, 6) is -2.01. The zero-order valence-electron chi connectivity index (χ0n) is 39.7. The van der Waals surface area contributed by atoms with Crippen LogP contribution in [-0.2, 0) is 38.7 Å². The molecule has 1 fully saturated rings. The Bertz CT molecular complexity index is 1260. The number of rotatable bonds is 43. The van der Waals surface area contributed by atoms with Gasteiger partial charge in [-0.2, -0.15) is 8.42 Å². The minimum Gasteiger partial charge on any atom is -0.462 e. The molecule has 0 aliphatic carbocycles. The van der Waals surface area contributed by atoms with Crippen LogP contribution in [0.5, 0.6) is 0 Å². The Morgan fingerprint density at radius 3 is 1.43 bits per heavy atom. The highest BCUT2D eigenvalue weighted by molar-refractivity contribution is 7.85. The fraction of sp³-hybridized carbons (Fsp3) is 0.880. The number of hydrogen-bond acceptors (Lipinski definition) is 11. The number of hydrogen-bond donors (Lipinski definition) is 4. The van der Waals surface area contributed by atoms with Crippen LogP contribution in [0.1, 0.15) is 226 Å². The highest BCUT2D eigenvalue weighted by Crippen LogP contribution is 2.24. The number of ether oxygens (including phenoxy) is 4. The van der Waals surface area contributed by atoms with Gasteiger partial charge in [0.15, 0.2) is 12.4 Å². The van der Waals surface area contributed by atoms with Gasteiger partial charge in [0.1, 0.15) is 36.8 Å². The predicted molar refractivity (Wildman–Crippen MR) is 252 cm³/mol. The van der Waals surface area contributed by atoms with Crippen molar-refractivity contribution in [2.24, 2.45) is 0 Å². The smallest absolute Gasteiger partial charge is 0.306 e. The Balaban J connectivity index is 2.39. The van der Waals surface area contributed by atoms with Crippen LogP contribution in [0.3, 0.4) is 0 Å². The van der Waals surface area contributed by atoms with E-state index < -0.39 is 71.2 Å². The fourth-order valence-electron chi connectivity index (χ4n) is 7.83. The van der Waals surface area contributed by atoms with Gasteiger partial charge in [0.25, 0.3) is 10.1 Å². The van der Waals surface area contributed by atoms with Crippen molar-refractivity contribution in [3.05, 3.63) is 24.3 Å². The van der Waals surface area contributed by atoms with Crippen molar-refractivity contribution in [1.82, 2.24) is 0 Å². The summed E-state index contributed by atoms with van der Waals surface area (Å²) < 4.78 is 54.2. The van der Waals surface area contributed by atoms with Gasteiger partial charge in [-0.25, -0.2) is 0 Å². The van der Waals surface area contributed by atoms with Gasteiger partial charge in [0.2, 0.25) is 0 Å². The Hall–Kier alpha value is -1.87. The quantitative estimate of drug-likeness (QED) is 0.0197. The second kappa shape index (κ2) is 40.4. The molecule has 0 bridgehead atoms. The summed E-state index contributed by atoms with van der Waals surface area (Å²) in [6.07, 6.45) is 36.5. The van der Waals surface area contributed by atoms with Gasteiger partial charge in [-0.1, -0.05) is 192 Å². The normalized spacial score (nSPS) is 19.9. The van der Waals surface area contributed by atoms with Crippen molar-refractivity contribution in [1.29, 1.82) is 0 Å². The van der Waals surface area contributed by atoms with Crippen LogP contribution in [0, 0.1) is 0 Å². The van der Waals surface area contributed by atoms with Crippen LogP contribution in [0.2, 0.25) is 0 Å². The van der Waals surface area contributed by atoms with E-state index in [2.05, 4.69) is 38.2 Å². The Labute approximate surface area is 383 Å². The van der Waals surface area contributed by atoms with Crippen LogP contribution >= 0.6 is 0 Å². The molecule has 12 nitrogen and oxygen atoms in total. The van der Waals surface area contributed by atoms with Crippen LogP contribution in [0.25, 0.3) is 0 Å². The van der Waals surface area contributed by atoms with Gasteiger partial charge in [-0.15, -0.1) is 0 Å². The molecule has 63 heavy (non-hydrogen) atoms. The van der Waals surface area contributed by atoms with E-state index in [1.165, 1.54) is 141 Å². The molecule has 2 unspecified atom stereocenters. The molecule has 1 rings (SSSR count). The van der Waals surface area contributed by atoms with Crippen molar-refractivity contribution in [3.63, 3.8) is 0 Å². The van der Waals surface area contributed by atoms with Gasteiger partial charge in [0, 0.05) is 12.8 Å². The van der Waals surface area contributed by atoms with Gasteiger partial charge in [0.05, 0.1) is 6.61 Å². The zero-order chi connectivity index (χ0) is 46.2. The molecule has 0 aromatic carbocycles. The van der Waals surface area contributed by atoms with Gasteiger partial charge >= 0.3 is 11.9 Å². The summed E-state index contributed by atoms with van der Waals surface area (Å²) in [5.41, 5.74) is 0. The summed E-state index contributed by atoms with van der Waals surface area (Å²) in [6.45, 7) is 3.76. The second-order valence-electron chi connectivity index (χ2n) is 17.8. The highest BCUT2D eigenvalue weighted by Gasteiger charge is 2.46. The van der Waals surface area contributed by atoms with Crippen LogP contribution in [0.15, 0.2) is 24.3 Å². The Morgan fingerprint density at radius 1 is 0.540 bits per heavy atom. The summed E-state index contributed by atoms with van der Waals surface area (Å²) >= 11 is 0. The molecule has 0 saturated carbocycles. The molecule has 0 aromatic heterocycles. The monoisotopic (exact) mass is 917 g/mol. The first-order valence-electron chi connectivity index (χ1n) is 25.4. The topological polar surface area (TPSA) is 186 Å². The first-order valence-corrected chi connectivity index (χ1v) is 27.0. The van der Waals surface area contributed by atoms with Crippen molar-refractivity contribution in [2.75, 3.05) is 19.0 Å². The third-order valence-electron chi connectivity index (χ3n) is 11.8. The van der Waals surface area contributed by atoms with Crippen LogP contribution in [0.4, 0.5) is 0 Å². The second-order valence-corrected chi connectivity index (χ2v) is 19.3. The minimum absolute atomic E-state index is 0.162. The van der Waals surface area contributed by atoms with Crippen LogP contribution in [-0.4, -0.2) is 96.0 Å². The van der Waals surface area contributed by atoms with Gasteiger partial charge in [-0.05, 0) is 44.9 Å². The number of esters is 2. The van der Waals surface area contributed by atoms with E-state index >= 15 is 0 Å². The third-order valence-corrected chi connectivity index (χ3v) is 12.5. The summed E-state index contributed by atoms with van der Waals surface area (Å²) in [4.78, 5) is 25.5. The lowest BCUT2D eigenvalue weighted by Gasteiger charge is -2.40. The molecule has 1 saturated heterocycles. The van der Waals surface area contributed by atoms with E-state index in [1.807, 2.05) is 0 Å². The maximum atomic E-state index is 12.9. The summed E-state index contributed by atoms with van der Waals surface area (Å²) in [7, 11) is -4.61. The maximum absolute atomic E-state index is 12.9. The Morgan fingerprint density at radius 2 is 0.952 bits per heavy atom. The van der Waals surface area contributed by atoms with E-state index in [0.29, 0.717) is 12.8 Å².